The van der Waals surface area contributed by atoms with Gasteiger partial charge >= 0.3 is 0 Å². The molecular weight excluding hydrogens is 356 g/mol. The molecule has 5 rings (SSSR count). The highest BCUT2D eigenvalue weighted by Crippen LogP contribution is 2.54. The molecule has 2 atom stereocenters. The van der Waals surface area contributed by atoms with Crippen LogP contribution < -0.4 is 9.47 Å². The number of para-hydroxylation sites is 1. The second-order valence-electron chi connectivity index (χ2n) is 7.72. The molecule has 1 saturated heterocycles. The van der Waals surface area contributed by atoms with E-state index < -0.39 is 0 Å². The lowest BCUT2D eigenvalue weighted by atomic mass is 9.93. The van der Waals surface area contributed by atoms with E-state index in [9.17, 15) is 0 Å². The molecule has 2 aliphatic heterocycles. The first kappa shape index (κ1) is 17.2. The van der Waals surface area contributed by atoms with Crippen LogP contribution in [0.5, 0.6) is 11.5 Å². The van der Waals surface area contributed by atoms with Gasteiger partial charge in [0.15, 0.2) is 5.82 Å². The molecule has 0 radical (unpaired) electrons. The smallest absolute Gasteiger partial charge is 0.182 e. The number of nitrogens with zero attached hydrogens (tertiary/aromatic N) is 4. The molecule has 144 valence electrons. The first-order valence-electron chi connectivity index (χ1n) is 9.44. The summed E-state index contributed by atoms with van der Waals surface area (Å²) in [5.74, 6) is 2.49. The van der Waals surface area contributed by atoms with Crippen molar-refractivity contribution >= 4 is 0 Å². The predicted molar refractivity (Wildman–Crippen MR) is 102 cm³/mol. The van der Waals surface area contributed by atoms with Gasteiger partial charge in [-0.25, -0.2) is 4.68 Å². The van der Waals surface area contributed by atoms with Gasteiger partial charge in [0.2, 0.25) is 0 Å². The monoisotopic (exact) mass is 378 g/mol. The van der Waals surface area contributed by atoms with Gasteiger partial charge in [0, 0.05) is 17.7 Å². The number of rotatable bonds is 5. The molecule has 28 heavy (non-hydrogen) atoms. The second kappa shape index (κ2) is 6.31. The number of aryl methyl sites for hydroxylation is 2. The fraction of sp³-hybridized carbons (Fsp3) is 0.381. The summed E-state index contributed by atoms with van der Waals surface area (Å²) in [6, 6.07) is 14.1. The van der Waals surface area contributed by atoms with Gasteiger partial charge in [0.1, 0.15) is 29.3 Å². The molecule has 0 unspecified atom stereocenters. The summed E-state index contributed by atoms with van der Waals surface area (Å²) in [6.45, 7) is 4.78. The van der Waals surface area contributed by atoms with E-state index >= 15 is 0 Å². The third-order valence-corrected chi connectivity index (χ3v) is 5.44. The van der Waals surface area contributed by atoms with Crippen molar-refractivity contribution in [1.82, 2.24) is 20.2 Å². The molecule has 1 aromatic heterocycles. The van der Waals surface area contributed by atoms with Gasteiger partial charge in [-0.1, -0.05) is 18.2 Å². The molecule has 2 aliphatic rings. The van der Waals surface area contributed by atoms with E-state index in [1.165, 1.54) is 0 Å². The van der Waals surface area contributed by atoms with Crippen molar-refractivity contribution in [3.05, 3.63) is 53.6 Å². The van der Waals surface area contributed by atoms with E-state index in [1.54, 1.807) is 7.11 Å². The summed E-state index contributed by atoms with van der Waals surface area (Å²) in [7, 11) is 1.69. The lowest BCUT2D eigenvalue weighted by Crippen LogP contribution is -2.37. The van der Waals surface area contributed by atoms with Gasteiger partial charge in [-0.05, 0) is 60.5 Å². The molecule has 3 heterocycles. The summed E-state index contributed by atoms with van der Waals surface area (Å²) >= 11 is 0. The van der Waals surface area contributed by atoms with E-state index in [0.29, 0.717) is 6.54 Å². The van der Waals surface area contributed by atoms with Crippen LogP contribution >= 0.6 is 0 Å². The Hall–Kier alpha value is -2.93. The minimum absolute atomic E-state index is 0.0941. The Bertz CT molecular complexity index is 1030. The van der Waals surface area contributed by atoms with Crippen molar-refractivity contribution in [2.24, 2.45) is 0 Å². The van der Waals surface area contributed by atoms with Gasteiger partial charge in [-0.2, -0.15) is 0 Å². The molecule has 0 bridgehead atoms. The standard InChI is InChI=1S/C21H22N4O3/c1-21(2)19-18(27-19)15-12-14(8-9-17(15)28-21)20-22-23-24-25(20)11-10-13-6-4-5-7-16(13)26-3/h4-9,12,18-19H,10-11H2,1-3H3/t18-,19-/m0/s1. The molecule has 0 amide bonds. The van der Waals surface area contributed by atoms with Crippen molar-refractivity contribution in [3.8, 4) is 22.9 Å². The molecular formula is C21H22N4O3. The third-order valence-electron chi connectivity index (χ3n) is 5.44. The van der Waals surface area contributed by atoms with E-state index in [2.05, 4.69) is 41.5 Å². The molecule has 7 nitrogen and oxygen atoms in total. The number of benzene rings is 2. The van der Waals surface area contributed by atoms with Crippen LogP contribution in [0.2, 0.25) is 0 Å². The number of fused-ring (bicyclic) bond motifs is 3. The Balaban J connectivity index is 1.40. The van der Waals surface area contributed by atoms with Crippen LogP contribution in [-0.4, -0.2) is 39.0 Å². The van der Waals surface area contributed by atoms with Gasteiger partial charge in [-0.3, -0.25) is 0 Å². The predicted octanol–water partition coefficient (Wildman–Crippen LogP) is 3.20. The second-order valence-corrected chi connectivity index (χ2v) is 7.72. The Labute approximate surface area is 163 Å². The first-order valence-corrected chi connectivity index (χ1v) is 9.44. The number of hydrogen-bond donors (Lipinski definition) is 0. The van der Waals surface area contributed by atoms with Crippen molar-refractivity contribution in [1.29, 1.82) is 0 Å². The quantitative estimate of drug-likeness (QED) is 0.635. The number of ether oxygens (including phenoxy) is 3. The first-order chi connectivity index (χ1) is 13.6. The molecule has 0 saturated carbocycles. The van der Waals surface area contributed by atoms with Crippen molar-refractivity contribution in [2.45, 2.75) is 44.6 Å². The SMILES string of the molecule is COc1ccccc1CCn1nnnc1-c1ccc2c(c1)[C@@H]1O[C@@H]1C(C)(C)O2. The average Bonchev–Trinajstić information content (AvgIpc) is 3.39. The Morgan fingerprint density at radius 3 is 2.89 bits per heavy atom. The van der Waals surface area contributed by atoms with Crippen LogP contribution in [0.15, 0.2) is 42.5 Å². The fourth-order valence-electron chi connectivity index (χ4n) is 3.92. The molecule has 2 aromatic carbocycles. The minimum atomic E-state index is -0.296. The largest absolute Gasteiger partial charge is 0.496 e. The third kappa shape index (κ3) is 2.82. The lowest BCUT2D eigenvalue weighted by Gasteiger charge is -2.29. The van der Waals surface area contributed by atoms with E-state index in [4.69, 9.17) is 14.2 Å². The van der Waals surface area contributed by atoms with Crippen molar-refractivity contribution < 1.29 is 14.2 Å². The van der Waals surface area contributed by atoms with Crippen LogP contribution in [0, 0.1) is 0 Å². The van der Waals surface area contributed by atoms with Crippen LogP contribution in [0.25, 0.3) is 11.4 Å². The van der Waals surface area contributed by atoms with Gasteiger partial charge < -0.3 is 14.2 Å². The normalized spacial score (nSPS) is 21.4. The maximum atomic E-state index is 6.11. The Morgan fingerprint density at radius 2 is 2.04 bits per heavy atom. The number of epoxide rings is 1. The zero-order chi connectivity index (χ0) is 19.3. The maximum absolute atomic E-state index is 6.11. The Kier molecular flexibility index (Phi) is 3.87. The zero-order valence-electron chi connectivity index (χ0n) is 16.1. The van der Waals surface area contributed by atoms with Gasteiger partial charge in [0.05, 0.1) is 7.11 Å². The maximum Gasteiger partial charge on any atom is 0.182 e. The summed E-state index contributed by atoms with van der Waals surface area (Å²) in [6.07, 6.45) is 0.978. The topological polar surface area (TPSA) is 74.6 Å². The summed E-state index contributed by atoms with van der Waals surface area (Å²) in [5, 5.41) is 12.3. The molecule has 0 spiro atoms. The van der Waals surface area contributed by atoms with E-state index in [-0.39, 0.29) is 17.8 Å². The summed E-state index contributed by atoms with van der Waals surface area (Å²) in [5.41, 5.74) is 2.86. The zero-order valence-corrected chi connectivity index (χ0v) is 16.1. The highest BCUT2D eigenvalue weighted by Gasteiger charge is 2.56. The molecule has 0 N–H and O–H groups in total. The number of methoxy groups -OCH3 is 1. The number of hydrogen-bond acceptors (Lipinski definition) is 6. The highest BCUT2D eigenvalue weighted by molar-refractivity contribution is 5.60. The summed E-state index contributed by atoms with van der Waals surface area (Å²) < 4.78 is 19.2. The minimum Gasteiger partial charge on any atom is -0.496 e. The molecule has 0 aliphatic carbocycles. The Morgan fingerprint density at radius 1 is 1.18 bits per heavy atom. The molecule has 1 fully saturated rings. The van der Waals surface area contributed by atoms with Crippen LogP contribution in [-0.2, 0) is 17.7 Å². The van der Waals surface area contributed by atoms with Crippen LogP contribution in [0.1, 0.15) is 31.1 Å². The van der Waals surface area contributed by atoms with Gasteiger partial charge in [-0.15, -0.1) is 5.10 Å². The van der Waals surface area contributed by atoms with Crippen LogP contribution in [0.4, 0.5) is 0 Å². The lowest BCUT2D eigenvalue weighted by molar-refractivity contribution is 0.0725. The average molecular weight is 378 g/mol. The fourth-order valence-corrected chi connectivity index (χ4v) is 3.92. The molecule has 7 heteroatoms. The highest BCUT2D eigenvalue weighted by atomic mass is 16.6. The number of tetrazole rings is 1. The van der Waals surface area contributed by atoms with Gasteiger partial charge in [0.25, 0.3) is 0 Å². The number of aromatic nitrogens is 4. The van der Waals surface area contributed by atoms with Crippen molar-refractivity contribution in [2.75, 3.05) is 7.11 Å². The van der Waals surface area contributed by atoms with Crippen molar-refractivity contribution in [3.63, 3.8) is 0 Å². The van der Waals surface area contributed by atoms with Crippen LogP contribution in [0.3, 0.4) is 0 Å². The summed E-state index contributed by atoms with van der Waals surface area (Å²) in [4.78, 5) is 0. The van der Waals surface area contributed by atoms with E-state index in [1.807, 2.05) is 35.0 Å². The van der Waals surface area contributed by atoms with E-state index in [0.717, 1.165) is 40.4 Å². The molecule has 3 aromatic rings.